The maximum atomic E-state index is 12.6. The lowest BCUT2D eigenvalue weighted by molar-refractivity contribution is -0.131. The molecule has 0 spiro atoms. The van der Waals surface area contributed by atoms with Gasteiger partial charge >= 0.3 is 0 Å². The summed E-state index contributed by atoms with van der Waals surface area (Å²) in [7, 11) is 6.10. The van der Waals surface area contributed by atoms with Crippen molar-refractivity contribution in [2.45, 2.75) is 63.7 Å². The molecule has 4 atom stereocenters. The second-order valence-electron chi connectivity index (χ2n) is 8.23. The molecule has 6 nitrogen and oxygen atoms in total. The lowest BCUT2D eigenvalue weighted by atomic mass is 9.85. The van der Waals surface area contributed by atoms with Crippen LogP contribution in [0.25, 0.3) is 0 Å². The summed E-state index contributed by atoms with van der Waals surface area (Å²) in [5.41, 5.74) is 1.26. The second-order valence-corrected chi connectivity index (χ2v) is 8.23. The van der Waals surface area contributed by atoms with Gasteiger partial charge in [0.1, 0.15) is 0 Å². The standard InChI is InChI=1S/C20H34N4O2/c1-15-7-8-18(26-15)9-10-19(25)23(3)13-16-6-5-11-22(2)20(16)17-12-21-24(4)14-17/h12,14-16,18,20H,5-11,13H2,1-4H3/t15?,16-,18?,20+/m0/s1. The zero-order valence-electron chi connectivity index (χ0n) is 16.7. The van der Waals surface area contributed by atoms with Crippen LogP contribution < -0.4 is 0 Å². The van der Waals surface area contributed by atoms with Crippen molar-refractivity contribution >= 4 is 5.91 Å². The third kappa shape index (κ3) is 4.65. The quantitative estimate of drug-likeness (QED) is 0.781. The second kappa shape index (κ2) is 8.53. The monoisotopic (exact) mass is 362 g/mol. The maximum Gasteiger partial charge on any atom is 0.222 e. The van der Waals surface area contributed by atoms with Crippen molar-refractivity contribution < 1.29 is 9.53 Å². The molecule has 0 saturated carbocycles. The Morgan fingerprint density at radius 2 is 2.15 bits per heavy atom. The topological polar surface area (TPSA) is 50.6 Å². The first kappa shape index (κ1) is 19.4. The molecule has 146 valence electrons. The zero-order valence-corrected chi connectivity index (χ0v) is 16.7. The van der Waals surface area contributed by atoms with E-state index in [1.807, 2.05) is 29.9 Å². The van der Waals surface area contributed by atoms with Crippen LogP contribution >= 0.6 is 0 Å². The molecular weight excluding hydrogens is 328 g/mol. The lowest BCUT2D eigenvalue weighted by Crippen LogP contribution is -2.42. The molecule has 3 rings (SSSR count). The number of ether oxygens (including phenoxy) is 1. The summed E-state index contributed by atoms with van der Waals surface area (Å²) in [6.45, 7) is 4.03. The first-order valence-electron chi connectivity index (χ1n) is 10.0. The van der Waals surface area contributed by atoms with Gasteiger partial charge in [-0.2, -0.15) is 5.10 Å². The van der Waals surface area contributed by atoms with Crippen LogP contribution in [0.2, 0.25) is 0 Å². The molecule has 26 heavy (non-hydrogen) atoms. The van der Waals surface area contributed by atoms with Crippen LogP contribution in [0.4, 0.5) is 0 Å². The van der Waals surface area contributed by atoms with Gasteiger partial charge in [-0.3, -0.25) is 14.4 Å². The van der Waals surface area contributed by atoms with Gasteiger partial charge in [0.15, 0.2) is 0 Å². The zero-order chi connectivity index (χ0) is 18.7. The summed E-state index contributed by atoms with van der Waals surface area (Å²) in [6, 6.07) is 0.340. The number of piperidine rings is 1. The van der Waals surface area contributed by atoms with Gasteiger partial charge in [0, 0.05) is 44.9 Å². The van der Waals surface area contributed by atoms with E-state index in [0.717, 1.165) is 38.8 Å². The maximum absolute atomic E-state index is 12.6. The van der Waals surface area contributed by atoms with Gasteiger partial charge in [0.2, 0.25) is 5.91 Å². The largest absolute Gasteiger partial charge is 0.375 e. The minimum atomic E-state index is 0.242. The molecule has 6 heteroatoms. The van der Waals surface area contributed by atoms with Crippen LogP contribution in [0.1, 0.15) is 57.1 Å². The Balaban J connectivity index is 1.55. The normalized spacial score (nSPS) is 29.8. The Kier molecular flexibility index (Phi) is 6.35. The van der Waals surface area contributed by atoms with Crippen molar-refractivity contribution in [2.75, 3.05) is 27.2 Å². The molecule has 0 aromatic carbocycles. The van der Waals surface area contributed by atoms with E-state index in [0.29, 0.717) is 24.5 Å². The number of likely N-dealkylation sites (tertiary alicyclic amines) is 1. The molecule has 2 saturated heterocycles. The van der Waals surface area contributed by atoms with E-state index in [4.69, 9.17) is 4.74 Å². The molecule has 2 unspecified atom stereocenters. The van der Waals surface area contributed by atoms with Crippen molar-refractivity contribution in [1.29, 1.82) is 0 Å². The number of rotatable bonds is 6. The van der Waals surface area contributed by atoms with Crippen molar-refractivity contribution in [2.24, 2.45) is 13.0 Å². The fourth-order valence-corrected chi connectivity index (χ4v) is 4.60. The minimum Gasteiger partial charge on any atom is -0.375 e. The van der Waals surface area contributed by atoms with Gasteiger partial charge in [0.05, 0.1) is 18.4 Å². The molecule has 2 fully saturated rings. The number of hydrogen-bond donors (Lipinski definition) is 0. The Bertz CT molecular complexity index is 602. The highest BCUT2D eigenvalue weighted by molar-refractivity contribution is 5.75. The Morgan fingerprint density at radius 1 is 1.35 bits per heavy atom. The summed E-state index contributed by atoms with van der Waals surface area (Å²) in [4.78, 5) is 17.0. The number of aryl methyl sites for hydroxylation is 1. The molecule has 3 heterocycles. The molecule has 2 aliphatic rings. The fraction of sp³-hybridized carbons (Fsp3) is 0.800. The first-order chi connectivity index (χ1) is 12.4. The highest BCUT2D eigenvalue weighted by Crippen LogP contribution is 2.35. The highest BCUT2D eigenvalue weighted by atomic mass is 16.5. The van der Waals surface area contributed by atoms with Crippen LogP contribution in [-0.2, 0) is 16.6 Å². The van der Waals surface area contributed by atoms with Crippen LogP contribution in [0.5, 0.6) is 0 Å². The molecule has 1 aromatic heterocycles. The molecule has 0 bridgehead atoms. The van der Waals surface area contributed by atoms with Crippen molar-refractivity contribution in [3.63, 3.8) is 0 Å². The lowest BCUT2D eigenvalue weighted by Gasteiger charge is -2.40. The minimum absolute atomic E-state index is 0.242. The number of nitrogens with zero attached hydrogens (tertiary/aromatic N) is 4. The van der Waals surface area contributed by atoms with Gasteiger partial charge in [0.25, 0.3) is 0 Å². The van der Waals surface area contributed by atoms with E-state index < -0.39 is 0 Å². The molecule has 1 amide bonds. The van der Waals surface area contributed by atoms with Crippen LogP contribution in [0, 0.1) is 5.92 Å². The Morgan fingerprint density at radius 3 is 2.81 bits per heavy atom. The summed E-state index contributed by atoms with van der Waals surface area (Å²) in [5, 5.41) is 4.35. The number of hydrogen-bond acceptors (Lipinski definition) is 4. The third-order valence-corrected chi connectivity index (χ3v) is 6.01. The molecule has 0 radical (unpaired) electrons. The molecule has 0 N–H and O–H groups in total. The molecular formula is C20H34N4O2. The van der Waals surface area contributed by atoms with E-state index in [9.17, 15) is 4.79 Å². The average molecular weight is 363 g/mol. The SMILES string of the molecule is CC1CCC(CCC(=O)N(C)C[C@@H]2CCCN(C)[C@H]2c2cnn(C)c2)O1. The van der Waals surface area contributed by atoms with Crippen LogP contribution in [-0.4, -0.2) is 64.9 Å². The van der Waals surface area contributed by atoms with E-state index in [1.165, 1.54) is 12.0 Å². The molecule has 2 aliphatic heterocycles. The number of carbonyl (C=O) groups excluding carboxylic acids is 1. The number of amides is 1. The van der Waals surface area contributed by atoms with Crippen LogP contribution in [0.15, 0.2) is 12.4 Å². The average Bonchev–Trinajstić information content (AvgIpc) is 3.21. The molecule has 1 aromatic rings. The van der Waals surface area contributed by atoms with Gasteiger partial charge in [-0.15, -0.1) is 0 Å². The van der Waals surface area contributed by atoms with Crippen molar-refractivity contribution in [1.82, 2.24) is 19.6 Å². The third-order valence-electron chi connectivity index (χ3n) is 6.01. The smallest absolute Gasteiger partial charge is 0.222 e. The summed E-state index contributed by atoms with van der Waals surface area (Å²) < 4.78 is 7.71. The van der Waals surface area contributed by atoms with Crippen molar-refractivity contribution in [3.05, 3.63) is 18.0 Å². The van der Waals surface area contributed by atoms with E-state index >= 15 is 0 Å². The van der Waals surface area contributed by atoms with E-state index in [-0.39, 0.29) is 12.0 Å². The van der Waals surface area contributed by atoms with Gasteiger partial charge < -0.3 is 9.64 Å². The predicted octanol–water partition coefficient (Wildman–Crippen LogP) is 2.61. The summed E-state index contributed by atoms with van der Waals surface area (Å²) in [6.07, 6.45) is 10.7. The Labute approximate surface area is 157 Å². The van der Waals surface area contributed by atoms with E-state index in [1.54, 1.807) is 0 Å². The fourth-order valence-electron chi connectivity index (χ4n) is 4.60. The van der Waals surface area contributed by atoms with Gasteiger partial charge in [-0.25, -0.2) is 0 Å². The number of aromatic nitrogens is 2. The summed E-state index contributed by atoms with van der Waals surface area (Å²) >= 11 is 0. The molecule has 0 aliphatic carbocycles. The van der Waals surface area contributed by atoms with Gasteiger partial charge in [-0.1, -0.05) is 0 Å². The van der Waals surface area contributed by atoms with Crippen molar-refractivity contribution in [3.8, 4) is 0 Å². The van der Waals surface area contributed by atoms with E-state index in [2.05, 4.69) is 30.2 Å². The van der Waals surface area contributed by atoms with Crippen LogP contribution in [0.3, 0.4) is 0 Å². The highest BCUT2D eigenvalue weighted by Gasteiger charge is 2.33. The number of carbonyl (C=O) groups is 1. The summed E-state index contributed by atoms with van der Waals surface area (Å²) in [5.74, 6) is 0.695. The predicted molar refractivity (Wildman–Crippen MR) is 102 cm³/mol. The Hall–Kier alpha value is -1.40. The van der Waals surface area contributed by atoms with Gasteiger partial charge in [-0.05, 0) is 58.5 Å². The first-order valence-corrected chi connectivity index (χ1v) is 10.0.